The molecule has 1 aliphatic rings. The van der Waals surface area contributed by atoms with Gasteiger partial charge in [-0.1, -0.05) is 0 Å². The van der Waals surface area contributed by atoms with Gasteiger partial charge in [0.05, 0.1) is 11.7 Å². The first kappa shape index (κ1) is 15.3. The molecule has 1 aliphatic heterocycles. The zero-order chi connectivity index (χ0) is 15.1. The number of rotatable bonds is 6. The molecule has 0 spiro atoms. The molecular weight excluding hydrogens is 276 g/mol. The van der Waals surface area contributed by atoms with Crippen LogP contribution in [-0.2, 0) is 16.1 Å². The highest BCUT2D eigenvalue weighted by Gasteiger charge is 2.40. The number of carbonyl (C=O) groups excluding carboxylic acids is 1. The zero-order valence-corrected chi connectivity index (χ0v) is 11.7. The monoisotopic (exact) mass is 296 g/mol. The van der Waals surface area contributed by atoms with E-state index in [1.807, 2.05) is 4.57 Å². The maximum absolute atomic E-state index is 11.7. The maximum atomic E-state index is 11.7. The van der Waals surface area contributed by atoms with Gasteiger partial charge in [-0.25, -0.2) is 9.78 Å². The first-order chi connectivity index (χ1) is 10.1. The van der Waals surface area contributed by atoms with E-state index in [0.29, 0.717) is 39.1 Å². The van der Waals surface area contributed by atoms with Gasteiger partial charge < -0.3 is 25.0 Å². The summed E-state index contributed by atoms with van der Waals surface area (Å²) in [5.74, 6) is -0.885. The summed E-state index contributed by atoms with van der Waals surface area (Å²) >= 11 is 0. The topological polar surface area (TPSA) is 105 Å². The van der Waals surface area contributed by atoms with Crippen LogP contribution in [0, 0.1) is 5.41 Å². The third-order valence-electron chi connectivity index (χ3n) is 3.71. The van der Waals surface area contributed by atoms with Crippen LogP contribution >= 0.6 is 0 Å². The Balaban J connectivity index is 1.72. The number of nitrogens with one attached hydrogen (secondary N) is 2. The minimum absolute atomic E-state index is 0.114. The lowest BCUT2D eigenvalue weighted by Crippen LogP contribution is -2.49. The van der Waals surface area contributed by atoms with Crippen molar-refractivity contribution in [3.63, 3.8) is 0 Å². The molecule has 8 nitrogen and oxygen atoms in total. The lowest BCUT2D eigenvalue weighted by atomic mass is 9.80. The van der Waals surface area contributed by atoms with Crippen LogP contribution in [0.25, 0.3) is 0 Å². The Bertz CT molecular complexity index is 469. The molecule has 0 aromatic carbocycles. The molecule has 3 N–H and O–H groups in total. The van der Waals surface area contributed by atoms with E-state index >= 15 is 0 Å². The van der Waals surface area contributed by atoms with Gasteiger partial charge in [0.1, 0.15) is 0 Å². The van der Waals surface area contributed by atoms with Crippen LogP contribution in [-0.4, -0.2) is 53.0 Å². The highest BCUT2D eigenvalue weighted by Crippen LogP contribution is 2.29. The van der Waals surface area contributed by atoms with E-state index in [1.165, 1.54) is 0 Å². The Labute approximate surface area is 122 Å². The van der Waals surface area contributed by atoms with E-state index in [9.17, 15) is 14.7 Å². The number of carboxylic acid groups (broad SMARTS) is 1. The number of nitrogens with zero attached hydrogens (tertiary/aromatic N) is 2. The van der Waals surface area contributed by atoms with Crippen molar-refractivity contribution in [1.82, 2.24) is 20.2 Å². The normalized spacial score (nSPS) is 17.1. The Morgan fingerprint density at radius 2 is 2.10 bits per heavy atom. The largest absolute Gasteiger partial charge is 0.481 e. The van der Waals surface area contributed by atoms with Crippen LogP contribution in [0.5, 0.6) is 0 Å². The number of ether oxygens (including phenoxy) is 1. The van der Waals surface area contributed by atoms with Crippen LogP contribution in [0.3, 0.4) is 0 Å². The number of imidazole rings is 1. The second-order valence-corrected chi connectivity index (χ2v) is 5.11. The van der Waals surface area contributed by atoms with Crippen molar-refractivity contribution in [2.45, 2.75) is 19.4 Å². The fourth-order valence-corrected chi connectivity index (χ4v) is 2.26. The third-order valence-corrected chi connectivity index (χ3v) is 3.71. The zero-order valence-electron chi connectivity index (χ0n) is 11.7. The molecule has 0 aliphatic carbocycles. The lowest BCUT2D eigenvalue weighted by molar-refractivity contribution is -0.154. The van der Waals surface area contributed by atoms with Crippen molar-refractivity contribution in [3.05, 3.63) is 18.7 Å². The van der Waals surface area contributed by atoms with Crippen molar-refractivity contribution in [3.8, 4) is 0 Å². The fraction of sp³-hybridized carbons (Fsp3) is 0.615. The van der Waals surface area contributed by atoms with E-state index in [4.69, 9.17) is 4.74 Å². The molecule has 0 atom stereocenters. The molecule has 1 fully saturated rings. The number of urea groups is 1. The lowest BCUT2D eigenvalue weighted by Gasteiger charge is -2.33. The molecule has 21 heavy (non-hydrogen) atoms. The molecule has 1 saturated heterocycles. The van der Waals surface area contributed by atoms with Gasteiger partial charge >= 0.3 is 12.0 Å². The van der Waals surface area contributed by atoms with E-state index < -0.39 is 11.4 Å². The van der Waals surface area contributed by atoms with Gasteiger partial charge in [-0.05, 0) is 12.8 Å². The third kappa shape index (κ3) is 4.19. The fourth-order valence-electron chi connectivity index (χ4n) is 2.26. The first-order valence-electron chi connectivity index (χ1n) is 6.91. The van der Waals surface area contributed by atoms with Gasteiger partial charge in [-0.15, -0.1) is 0 Å². The van der Waals surface area contributed by atoms with Crippen molar-refractivity contribution in [1.29, 1.82) is 0 Å². The molecule has 0 saturated carbocycles. The van der Waals surface area contributed by atoms with E-state index in [0.717, 1.165) is 0 Å². The smallest absolute Gasteiger partial charge is 0.314 e. The van der Waals surface area contributed by atoms with Crippen LogP contribution in [0.15, 0.2) is 18.7 Å². The van der Waals surface area contributed by atoms with Gasteiger partial charge in [0.15, 0.2) is 0 Å². The number of amides is 2. The number of aliphatic carboxylic acids is 1. The van der Waals surface area contributed by atoms with E-state index in [2.05, 4.69) is 15.6 Å². The predicted molar refractivity (Wildman–Crippen MR) is 73.8 cm³/mol. The van der Waals surface area contributed by atoms with Crippen molar-refractivity contribution in [2.24, 2.45) is 5.41 Å². The highest BCUT2D eigenvalue weighted by molar-refractivity contribution is 5.78. The summed E-state index contributed by atoms with van der Waals surface area (Å²) in [4.78, 5) is 27.0. The second kappa shape index (κ2) is 7.07. The molecule has 2 heterocycles. The average Bonchev–Trinajstić information content (AvgIpc) is 2.99. The van der Waals surface area contributed by atoms with Crippen molar-refractivity contribution < 1.29 is 19.4 Å². The summed E-state index contributed by atoms with van der Waals surface area (Å²) in [5, 5.41) is 14.7. The number of carboxylic acids is 1. The molecule has 8 heteroatoms. The number of aromatic nitrogens is 2. The highest BCUT2D eigenvalue weighted by atomic mass is 16.5. The van der Waals surface area contributed by atoms with E-state index in [-0.39, 0.29) is 12.6 Å². The molecular formula is C13H20N4O4. The number of carbonyl (C=O) groups is 2. The standard InChI is InChI=1S/C13H20N4O4/c18-11(19)13(1-7-21-8-2-13)9-16-12(20)15-4-6-17-5-3-14-10-17/h3,5,10H,1-2,4,6-9H2,(H,18,19)(H2,15,16,20). The van der Waals surface area contributed by atoms with Crippen LogP contribution in [0.4, 0.5) is 4.79 Å². The maximum Gasteiger partial charge on any atom is 0.314 e. The van der Waals surface area contributed by atoms with Crippen LogP contribution in [0.1, 0.15) is 12.8 Å². The number of hydrogen-bond acceptors (Lipinski definition) is 4. The van der Waals surface area contributed by atoms with Gasteiger partial charge in [-0.3, -0.25) is 4.79 Å². The molecule has 2 amide bonds. The first-order valence-corrected chi connectivity index (χ1v) is 6.91. The quantitative estimate of drug-likeness (QED) is 0.688. The molecule has 1 aromatic rings. The molecule has 116 valence electrons. The Morgan fingerprint density at radius 3 is 2.71 bits per heavy atom. The second-order valence-electron chi connectivity index (χ2n) is 5.11. The Hall–Kier alpha value is -2.09. The molecule has 0 unspecified atom stereocenters. The molecule has 0 radical (unpaired) electrons. The predicted octanol–water partition coefficient (Wildman–Crippen LogP) is 0.0637. The Morgan fingerprint density at radius 1 is 1.33 bits per heavy atom. The summed E-state index contributed by atoms with van der Waals surface area (Å²) in [6, 6.07) is -0.359. The van der Waals surface area contributed by atoms with Crippen LogP contribution < -0.4 is 10.6 Å². The summed E-state index contributed by atoms with van der Waals surface area (Å²) in [7, 11) is 0. The van der Waals surface area contributed by atoms with Gasteiger partial charge in [-0.2, -0.15) is 0 Å². The SMILES string of the molecule is O=C(NCCn1ccnc1)NCC1(C(=O)O)CCOCC1. The molecule has 1 aromatic heterocycles. The number of hydrogen-bond donors (Lipinski definition) is 3. The summed E-state index contributed by atoms with van der Waals surface area (Å²) in [6.07, 6.45) is 5.97. The van der Waals surface area contributed by atoms with Gasteiger partial charge in [0.2, 0.25) is 0 Å². The summed E-state index contributed by atoms with van der Waals surface area (Å²) in [6.45, 7) is 2.01. The van der Waals surface area contributed by atoms with Gasteiger partial charge in [0, 0.05) is 45.2 Å². The summed E-state index contributed by atoms with van der Waals surface area (Å²) < 4.78 is 7.03. The minimum Gasteiger partial charge on any atom is -0.481 e. The van der Waals surface area contributed by atoms with Crippen molar-refractivity contribution >= 4 is 12.0 Å². The average molecular weight is 296 g/mol. The van der Waals surface area contributed by atoms with Crippen LogP contribution in [0.2, 0.25) is 0 Å². The van der Waals surface area contributed by atoms with Crippen molar-refractivity contribution in [2.75, 3.05) is 26.3 Å². The summed E-state index contributed by atoms with van der Waals surface area (Å²) in [5.41, 5.74) is -0.917. The van der Waals surface area contributed by atoms with E-state index in [1.54, 1.807) is 18.7 Å². The molecule has 0 bridgehead atoms. The molecule has 2 rings (SSSR count). The Kier molecular flexibility index (Phi) is 5.15. The minimum atomic E-state index is -0.917. The van der Waals surface area contributed by atoms with Gasteiger partial charge in [0.25, 0.3) is 0 Å².